The van der Waals surface area contributed by atoms with Gasteiger partial charge in [0.25, 0.3) is 0 Å². The van der Waals surface area contributed by atoms with Gasteiger partial charge in [-0.2, -0.15) is 4.52 Å². The quantitative estimate of drug-likeness (QED) is 0.513. The van der Waals surface area contributed by atoms with Crippen molar-refractivity contribution in [2.24, 2.45) is 5.92 Å². The van der Waals surface area contributed by atoms with E-state index in [9.17, 15) is 9.90 Å². The molecule has 0 radical (unpaired) electrons. The molecule has 0 spiro atoms. The first-order valence-electron chi connectivity index (χ1n) is 11.3. The third kappa shape index (κ3) is 4.45. The number of nitrogens with zero attached hydrogens (tertiary/aromatic N) is 4. The fraction of sp³-hybridized carbons (Fsp3) is 0.522. The number of aromatic hydroxyl groups is 1. The summed E-state index contributed by atoms with van der Waals surface area (Å²) < 4.78 is 12.4. The lowest BCUT2D eigenvalue weighted by molar-refractivity contribution is -0.149. The number of aryl methyl sites for hydroxylation is 1. The third-order valence-electron chi connectivity index (χ3n) is 5.83. The minimum Gasteiger partial charge on any atom is -0.494 e. The molecule has 172 valence electrons. The van der Waals surface area contributed by atoms with Crippen LogP contribution in [0.3, 0.4) is 0 Å². The Balaban J connectivity index is 1.66. The lowest BCUT2D eigenvalue weighted by atomic mass is 9.93. The average molecular weight is 459 g/mol. The second-order valence-corrected chi connectivity index (χ2v) is 8.84. The molecule has 0 bridgehead atoms. The van der Waals surface area contributed by atoms with Gasteiger partial charge in [0.15, 0.2) is 5.82 Å². The highest BCUT2D eigenvalue weighted by molar-refractivity contribution is 7.17. The molecule has 0 saturated carbocycles. The summed E-state index contributed by atoms with van der Waals surface area (Å²) >= 11 is 1.46. The van der Waals surface area contributed by atoms with Gasteiger partial charge in [0.1, 0.15) is 5.75 Å². The van der Waals surface area contributed by atoms with Gasteiger partial charge in [-0.05, 0) is 57.5 Å². The number of ether oxygens (including phenoxy) is 2. The first kappa shape index (κ1) is 22.5. The molecule has 1 unspecified atom stereocenters. The van der Waals surface area contributed by atoms with Crippen LogP contribution in [0.2, 0.25) is 0 Å². The summed E-state index contributed by atoms with van der Waals surface area (Å²) in [5, 5.41) is 15.5. The van der Waals surface area contributed by atoms with Crippen LogP contribution in [-0.2, 0) is 16.0 Å². The molecule has 1 atom stereocenters. The van der Waals surface area contributed by atoms with Crippen LogP contribution in [-0.4, -0.2) is 56.9 Å². The van der Waals surface area contributed by atoms with Gasteiger partial charge < -0.3 is 14.6 Å². The van der Waals surface area contributed by atoms with Crippen LogP contribution < -0.4 is 4.74 Å². The number of carbonyl (C=O) groups is 1. The Kier molecular flexibility index (Phi) is 6.95. The van der Waals surface area contributed by atoms with Crippen LogP contribution in [0.25, 0.3) is 4.96 Å². The van der Waals surface area contributed by atoms with Gasteiger partial charge in [-0.1, -0.05) is 30.4 Å². The lowest BCUT2D eigenvalue weighted by Crippen LogP contribution is -2.39. The number of benzene rings is 1. The van der Waals surface area contributed by atoms with Gasteiger partial charge in [0.05, 0.1) is 30.1 Å². The van der Waals surface area contributed by atoms with Crippen molar-refractivity contribution < 1.29 is 19.4 Å². The Morgan fingerprint density at radius 1 is 1.19 bits per heavy atom. The molecule has 1 N–H and O–H groups in total. The molecular weight excluding hydrogens is 428 g/mol. The maximum absolute atomic E-state index is 12.2. The van der Waals surface area contributed by atoms with E-state index in [1.54, 1.807) is 0 Å². The van der Waals surface area contributed by atoms with Crippen molar-refractivity contribution >= 4 is 22.3 Å². The Bertz CT molecular complexity index is 1050. The summed E-state index contributed by atoms with van der Waals surface area (Å²) in [5.74, 6) is 1.47. The lowest BCUT2D eigenvalue weighted by Gasteiger charge is -2.36. The normalized spacial score (nSPS) is 16.3. The fourth-order valence-corrected chi connectivity index (χ4v) is 5.35. The van der Waals surface area contributed by atoms with Crippen molar-refractivity contribution in [2.75, 3.05) is 26.3 Å². The van der Waals surface area contributed by atoms with Crippen molar-refractivity contribution in [3.63, 3.8) is 0 Å². The van der Waals surface area contributed by atoms with Gasteiger partial charge in [-0.3, -0.25) is 9.69 Å². The Labute approximate surface area is 191 Å². The number of carbonyl (C=O) groups excluding carboxylic acids is 1. The number of fused-ring (bicyclic) bond motifs is 1. The van der Waals surface area contributed by atoms with Crippen molar-refractivity contribution in [3.8, 4) is 11.6 Å². The fourth-order valence-electron chi connectivity index (χ4n) is 4.21. The van der Waals surface area contributed by atoms with Crippen LogP contribution in [0, 0.1) is 5.92 Å². The number of hydrogen-bond acceptors (Lipinski definition) is 8. The maximum atomic E-state index is 12.2. The molecule has 9 heteroatoms. The zero-order valence-corrected chi connectivity index (χ0v) is 19.6. The standard InChI is InChI=1S/C23H30N4O4S/c1-4-18-24-23-27(25-18)21(28)20(32-23)19(15-7-9-17(10-8-15)30-5-2)26-13-11-16(12-14-26)22(29)31-6-3/h7-10,16,19,28H,4-6,11-14H2,1-3H3. The van der Waals surface area contributed by atoms with Gasteiger partial charge in [0.2, 0.25) is 10.8 Å². The first-order valence-corrected chi connectivity index (χ1v) is 12.1. The molecule has 2 aromatic heterocycles. The average Bonchev–Trinajstić information content (AvgIpc) is 3.35. The molecule has 4 rings (SSSR count). The number of likely N-dealkylation sites (tertiary alicyclic amines) is 1. The van der Waals surface area contributed by atoms with Crippen molar-refractivity contribution in [1.29, 1.82) is 0 Å². The molecule has 1 aliphatic rings. The zero-order chi connectivity index (χ0) is 22.7. The highest BCUT2D eigenvalue weighted by Gasteiger charge is 2.34. The van der Waals surface area contributed by atoms with Crippen molar-refractivity contribution in [1.82, 2.24) is 19.5 Å². The van der Waals surface area contributed by atoms with E-state index in [2.05, 4.69) is 15.0 Å². The molecule has 3 heterocycles. The summed E-state index contributed by atoms with van der Waals surface area (Å²) in [6.07, 6.45) is 2.18. The molecule has 1 fully saturated rings. The summed E-state index contributed by atoms with van der Waals surface area (Å²) in [6.45, 7) is 8.27. The van der Waals surface area contributed by atoms with E-state index < -0.39 is 0 Å². The monoisotopic (exact) mass is 458 g/mol. The van der Waals surface area contributed by atoms with Gasteiger partial charge in [-0.25, -0.2) is 4.98 Å². The summed E-state index contributed by atoms with van der Waals surface area (Å²) in [4.78, 5) is 20.5. The van der Waals surface area contributed by atoms with Gasteiger partial charge >= 0.3 is 5.97 Å². The summed E-state index contributed by atoms with van der Waals surface area (Å²) in [6, 6.07) is 7.84. The summed E-state index contributed by atoms with van der Waals surface area (Å²) in [5.41, 5.74) is 1.05. The largest absolute Gasteiger partial charge is 0.494 e. The molecule has 0 amide bonds. The van der Waals surface area contributed by atoms with Gasteiger partial charge in [0, 0.05) is 6.42 Å². The third-order valence-corrected chi connectivity index (χ3v) is 6.90. The highest BCUT2D eigenvalue weighted by Crippen LogP contribution is 2.41. The van der Waals surface area contributed by atoms with E-state index in [4.69, 9.17) is 9.47 Å². The van der Waals surface area contributed by atoms with Crippen LogP contribution in [0.1, 0.15) is 55.9 Å². The van der Waals surface area contributed by atoms with E-state index in [0.29, 0.717) is 30.4 Å². The summed E-state index contributed by atoms with van der Waals surface area (Å²) in [7, 11) is 0. The minimum absolute atomic E-state index is 0.0739. The highest BCUT2D eigenvalue weighted by atomic mass is 32.1. The Morgan fingerprint density at radius 3 is 2.50 bits per heavy atom. The second kappa shape index (κ2) is 9.87. The molecule has 3 aromatic rings. The molecule has 1 saturated heterocycles. The number of thiazole rings is 1. The number of aromatic nitrogens is 3. The molecule has 1 aliphatic heterocycles. The maximum Gasteiger partial charge on any atom is 0.309 e. The van der Waals surface area contributed by atoms with E-state index in [0.717, 1.165) is 42.1 Å². The topological polar surface area (TPSA) is 89.2 Å². The Morgan fingerprint density at radius 2 is 1.91 bits per heavy atom. The van der Waals surface area contributed by atoms with Gasteiger partial charge in [-0.15, -0.1) is 5.10 Å². The number of piperidine rings is 1. The number of hydrogen-bond donors (Lipinski definition) is 1. The Hall–Kier alpha value is -2.65. The molecule has 1 aromatic carbocycles. The van der Waals surface area contributed by atoms with E-state index in [1.807, 2.05) is 45.0 Å². The molecular formula is C23H30N4O4S. The molecule has 0 aliphatic carbocycles. The molecule has 32 heavy (non-hydrogen) atoms. The van der Waals surface area contributed by atoms with Crippen LogP contribution in [0.15, 0.2) is 24.3 Å². The van der Waals surface area contributed by atoms with Crippen LogP contribution >= 0.6 is 11.3 Å². The number of esters is 1. The smallest absolute Gasteiger partial charge is 0.309 e. The predicted octanol–water partition coefficient (Wildman–Crippen LogP) is 3.82. The van der Waals surface area contributed by atoms with E-state index in [-0.39, 0.29) is 23.8 Å². The van der Waals surface area contributed by atoms with Crippen LogP contribution in [0.5, 0.6) is 11.6 Å². The minimum atomic E-state index is -0.160. The number of rotatable bonds is 8. The zero-order valence-electron chi connectivity index (χ0n) is 18.8. The van der Waals surface area contributed by atoms with Crippen LogP contribution in [0.4, 0.5) is 0 Å². The predicted molar refractivity (Wildman–Crippen MR) is 122 cm³/mol. The van der Waals surface area contributed by atoms with Crippen molar-refractivity contribution in [3.05, 3.63) is 40.5 Å². The second-order valence-electron chi connectivity index (χ2n) is 7.83. The van der Waals surface area contributed by atoms with E-state index in [1.165, 1.54) is 15.9 Å². The SMILES string of the molecule is CCOC(=O)C1CCN(C(c2ccc(OCC)cc2)c2sc3nc(CC)nn3c2O)CC1. The van der Waals surface area contributed by atoms with E-state index >= 15 is 0 Å². The molecule has 8 nitrogen and oxygen atoms in total. The first-order chi connectivity index (χ1) is 15.5. The van der Waals surface area contributed by atoms with Crippen molar-refractivity contribution in [2.45, 2.75) is 46.1 Å².